The van der Waals surface area contributed by atoms with E-state index in [0.717, 1.165) is 11.3 Å². The summed E-state index contributed by atoms with van der Waals surface area (Å²) in [4.78, 5) is 25.5. The summed E-state index contributed by atoms with van der Waals surface area (Å²) in [6.07, 6.45) is 4.48. The topological polar surface area (TPSA) is 113 Å². The number of anilines is 1. The summed E-state index contributed by atoms with van der Waals surface area (Å²) in [5, 5.41) is 9.49. The fourth-order valence-corrected chi connectivity index (χ4v) is 6.66. The standard InChI is InChI=1S/C25H29N5O4S/c1-17-14-18(2)24(19(3)15-17)35(33,34)30-13-4-6-22(30)25(32)26-16-23(31)28-20-7-9-21(10-8-20)29-12-5-11-27-29/h5,7-12,14-15,22H,4,6,13,16H2,1-3H3,(H,26,32)(H,28,31). The molecule has 0 radical (unpaired) electrons. The van der Waals surface area contributed by atoms with E-state index >= 15 is 0 Å². The Morgan fingerprint density at radius 3 is 2.40 bits per heavy atom. The largest absolute Gasteiger partial charge is 0.346 e. The van der Waals surface area contributed by atoms with Gasteiger partial charge in [-0.05, 0) is 75.1 Å². The van der Waals surface area contributed by atoms with Gasteiger partial charge in [-0.1, -0.05) is 17.7 Å². The van der Waals surface area contributed by atoms with Gasteiger partial charge in [0.2, 0.25) is 21.8 Å². The summed E-state index contributed by atoms with van der Waals surface area (Å²) in [7, 11) is -3.86. The minimum atomic E-state index is -3.86. The van der Waals surface area contributed by atoms with E-state index in [9.17, 15) is 18.0 Å². The van der Waals surface area contributed by atoms with E-state index in [1.165, 1.54) is 4.31 Å². The maximum absolute atomic E-state index is 13.5. The van der Waals surface area contributed by atoms with Crippen LogP contribution in [0.25, 0.3) is 5.69 Å². The molecule has 1 aromatic heterocycles. The van der Waals surface area contributed by atoms with Crippen molar-refractivity contribution < 1.29 is 18.0 Å². The van der Waals surface area contributed by atoms with Crippen LogP contribution in [0.15, 0.2) is 59.8 Å². The lowest BCUT2D eigenvalue weighted by Crippen LogP contribution is -2.47. The van der Waals surface area contributed by atoms with Crippen molar-refractivity contribution in [2.75, 3.05) is 18.4 Å². The zero-order valence-electron chi connectivity index (χ0n) is 20.0. The second kappa shape index (κ2) is 10.0. The van der Waals surface area contributed by atoms with E-state index in [4.69, 9.17) is 0 Å². The predicted octanol–water partition coefficient (Wildman–Crippen LogP) is 2.71. The molecule has 10 heteroatoms. The molecule has 0 aliphatic carbocycles. The van der Waals surface area contributed by atoms with Crippen molar-refractivity contribution in [3.05, 3.63) is 71.5 Å². The molecule has 2 heterocycles. The average molecular weight is 496 g/mol. The van der Waals surface area contributed by atoms with Crippen molar-refractivity contribution in [2.24, 2.45) is 0 Å². The third-order valence-electron chi connectivity index (χ3n) is 6.02. The van der Waals surface area contributed by atoms with Crippen LogP contribution in [-0.2, 0) is 19.6 Å². The number of carbonyl (C=O) groups is 2. The Hall–Kier alpha value is -3.50. The lowest BCUT2D eigenvalue weighted by Gasteiger charge is -2.25. The fraction of sp³-hybridized carbons (Fsp3) is 0.320. The Morgan fingerprint density at radius 2 is 1.77 bits per heavy atom. The number of benzene rings is 2. The number of aromatic nitrogens is 2. The first-order valence-corrected chi connectivity index (χ1v) is 12.9. The zero-order valence-corrected chi connectivity index (χ0v) is 20.8. The van der Waals surface area contributed by atoms with Crippen molar-refractivity contribution >= 4 is 27.5 Å². The molecule has 2 N–H and O–H groups in total. The quantitative estimate of drug-likeness (QED) is 0.523. The van der Waals surface area contributed by atoms with Gasteiger partial charge in [0.1, 0.15) is 6.04 Å². The molecule has 35 heavy (non-hydrogen) atoms. The average Bonchev–Trinajstić information content (AvgIpc) is 3.50. The third-order valence-corrected chi connectivity index (χ3v) is 8.24. The van der Waals surface area contributed by atoms with Crippen LogP contribution in [0.5, 0.6) is 0 Å². The minimum absolute atomic E-state index is 0.249. The molecule has 1 fully saturated rings. The van der Waals surface area contributed by atoms with Gasteiger partial charge < -0.3 is 10.6 Å². The third kappa shape index (κ3) is 5.28. The number of nitrogens with one attached hydrogen (secondary N) is 2. The van der Waals surface area contributed by atoms with Crippen LogP contribution in [0.1, 0.15) is 29.5 Å². The zero-order chi connectivity index (χ0) is 25.2. The fourth-order valence-electron chi connectivity index (χ4n) is 4.59. The van der Waals surface area contributed by atoms with Crippen LogP contribution >= 0.6 is 0 Å². The smallest absolute Gasteiger partial charge is 0.244 e. The molecular formula is C25H29N5O4S. The normalized spacial score (nSPS) is 16.3. The Labute approximate surface area is 205 Å². The summed E-state index contributed by atoms with van der Waals surface area (Å²) in [6.45, 7) is 5.46. The van der Waals surface area contributed by atoms with Gasteiger partial charge in [0.05, 0.1) is 17.1 Å². The highest BCUT2D eigenvalue weighted by molar-refractivity contribution is 7.89. The molecule has 1 saturated heterocycles. The van der Waals surface area contributed by atoms with Gasteiger partial charge in [0.25, 0.3) is 0 Å². The van der Waals surface area contributed by atoms with E-state index < -0.39 is 27.9 Å². The van der Waals surface area contributed by atoms with Crippen molar-refractivity contribution in [3.8, 4) is 5.69 Å². The number of rotatable bonds is 7. The number of carbonyl (C=O) groups excluding carboxylic acids is 2. The number of hydrogen-bond acceptors (Lipinski definition) is 5. The minimum Gasteiger partial charge on any atom is -0.346 e. The summed E-state index contributed by atoms with van der Waals surface area (Å²) in [5.41, 5.74) is 3.73. The lowest BCUT2D eigenvalue weighted by molar-refractivity contribution is -0.126. The molecule has 3 aromatic rings. The van der Waals surface area contributed by atoms with Gasteiger partial charge >= 0.3 is 0 Å². The molecule has 1 unspecified atom stereocenters. The summed E-state index contributed by atoms with van der Waals surface area (Å²) >= 11 is 0. The van der Waals surface area contributed by atoms with Crippen LogP contribution in [0.2, 0.25) is 0 Å². The van der Waals surface area contributed by atoms with Crippen LogP contribution in [-0.4, -0.2) is 53.4 Å². The molecule has 0 saturated carbocycles. The summed E-state index contributed by atoms with van der Waals surface area (Å²) < 4.78 is 29.9. The van der Waals surface area contributed by atoms with E-state index in [0.29, 0.717) is 29.7 Å². The van der Waals surface area contributed by atoms with Gasteiger partial charge in [-0.2, -0.15) is 9.40 Å². The van der Waals surface area contributed by atoms with Gasteiger partial charge in [0.15, 0.2) is 0 Å². The molecule has 2 amide bonds. The first kappa shape index (κ1) is 24.6. The highest BCUT2D eigenvalue weighted by atomic mass is 32.2. The molecule has 184 valence electrons. The molecule has 9 nitrogen and oxygen atoms in total. The lowest BCUT2D eigenvalue weighted by atomic mass is 10.1. The van der Waals surface area contributed by atoms with Crippen molar-refractivity contribution in [3.63, 3.8) is 0 Å². The summed E-state index contributed by atoms with van der Waals surface area (Å²) in [6, 6.07) is 11.8. The van der Waals surface area contributed by atoms with Crippen LogP contribution in [0.3, 0.4) is 0 Å². The number of sulfonamides is 1. The van der Waals surface area contributed by atoms with E-state index in [-0.39, 0.29) is 18.0 Å². The predicted molar refractivity (Wildman–Crippen MR) is 133 cm³/mol. The molecule has 2 aromatic carbocycles. The maximum Gasteiger partial charge on any atom is 0.244 e. The molecule has 1 atom stereocenters. The Balaban J connectivity index is 1.38. The highest BCUT2D eigenvalue weighted by Gasteiger charge is 2.40. The highest BCUT2D eigenvalue weighted by Crippen LogP contribution is 2.30. The molecule has 4 rings (SSSR count). The number of amides is 2. The van der Waals surface area contributed by atoms with Crippen molar-refractivity contribution in [1.29, 1.82) is 0 Å². The number of nitrogens with zero attached hydrogens (tertiary/aromatic N) is 3. The van der Waals surface area contributed by atoms with Gasteiger partial charge in [-0.15, -0.1) is 0 Å². The monoisotopic (exact) mass is 495 g/mol. The van der Waals surface area contributed by atoms with Crippen LogP contribution in [0.4, 0.5) is 5.69 Å². The number of aryl methyl sites for hydroxylation is 3. The SMILES string of the molecule is Cc1cc(C)c(S(=O)(=O)N2CCCC2C(=O)NCC(=O)Nc2ccc(-n3cccn3)cc2)c(C)c1. The van der Waals surface area contributed by atoms with Gasteiger partial charge in [-0.25, -0.2) is 13.1 Å². The first-order valence-electron chi connectivity index (χ1n) is 11.4. The van der Waals surface area contributed by atoms with E-state index in [1.807, 2.05) is 43.5 Å². The Kier molecular flexibility index (Phi) is 7.04. The first-order chi connectivity index (χ1) is 16.7. The van der Waals surface area contributed by atoms with Crippen LogP contribution in [0, 0.1) is 20.8 Å². The molecule has 0 spiro atoms. The van der Waals surface area contributed by atoms with Gasteiger partial charge in [0, 0.05) is 24.6 Å². The number of hydrogen-bond donors (Lipinski definition) is 2. The maximum atomic E-state index is 13.5. The molecule has 1 aliphatic rings. The van der Waals surface area contributed by atoms with E-state index in [1.54, 1.807) is 36.9 Å². The Bertz CT molecular complexity index is 1310. The molecular weight excluding hydrogens is 466 g/mol. The Morgan fingerprint density at radius 1 is 1.09 bits per heavy atom. The van der Waals surface area contributed by atoms with E-state index in [2.05, 4.69) is 15.7 Å². The second-order valence-corrected chi connectivity index (χ2v) is 10.6. The van der Waals surface area contributed by atoms with Crippen molar-refractivity contribution in [2.45, 2.75) is 44.6 Å². The van der Waals surface area contributed by atoms with Crippen molar-refractivity contribution in [1.82, 2.24) is 19.4 Å². The summed E-state index contributed by atoms with van der Waals surface area (Å²) in [5.74, 6) is -0.875. The second-order valence-electron chi connectivity index (χ2n) is 8.77. The molecule has 1 aliphatic heterocycles. The van der Waals surface area contributed by atoms with Crippen LogP contribution < -0.4 is 10.6 Å². The van der Waals surface area contributed by atoms with Gasteiger partial charge in [-0.3, -0.25) is 9.59 Å². The molecule has 0 bridgehead atoms.